The molecule has 3 N–H and O–H groups in total. The van der Waals surface area contributed by atoms with E-state index >= 15 is 0 Å². The van der Waals surface area contributed by atoms with E-state index in [2.05, 4.69) is 48.5 Å². The van der Waals surface area contributed by atoms with Crippen molar-refractivity contribution < 1.29 is 80.2 Å². The molecule has 17 nitrogen and oxygen atoms in total. The summed E-state index contributed by atoms with van der Waals surface area (Å²) in [6.07, 6.45) is 36.2. The highest BCUT2D eigenvalue weighted by Gasteiger charge is 2.30. The van der Waals surface area contributed by atoms with Gasteiger partial charge in [0.15, 0.2) is 12.2 Å². The first-order valence-corrected chi connectivity index (χ1v) is 36.4. The minimum absolute atomic E-state index is 0.102. The smallest absolute Gasteiger partial charge is 0.462 e. The summed E-state index contributed by atoms with van der Waals surface area (Å²) >= 11 is 0. The van der Waals surface area contributed by atoms with Gasteiger partial charge in [-0.25, -0.2) is 9.13 Å². The summed E-state index contributed by atoms with van der Waals surface area (Å²) in [5.74, 6) is 0.110. The van der Waals surface area contributed by atoms with Gasteiger partial charge < -0.3 is 33.8 Å². The van der Waals surface area contributed by atoms with Crippen LogP contribution in [0.25, 0.3) is 0 Å². The van der Waals surface area contributed by atoms with Gasteiger partial charge in [0.05, 0.1) is 26.4 Å². The molecule has 0 saturated heterocycles. The molecule has 83 heavy (non-hydrogen) atoms. The van der Waals surface area contributed by atoms with Crippen LogP contribution in [0.5, 0.6) is 0 Å². The Hall–Kier alpha value is -1.94. The molecular weight excluding hydrogens is 1100 g/mol. The lowest BCUT2D eigenvalue weighted by molar-refractivity contribution is -0.161. The lowest BCUT2D eigenvalue weighted by Gasteiger charge is -2.21. The number of carbonyl (C=O) groups is 4. The van der Waals surface area contributed by atoms with Gasteiger partial charge in [0, 0.05) is 25.7 Å². The van der Waals surface area contributed by atoms with Crippen molar-refractivity contribution in [3.8, 4) is 0 Å². The number of phosphoric ester groups is 2. The average molecular weight is 1230 g/mol. The molecule has 0 aliphatic rings. The largest absolute Gasteiger partial charge is 0.472 e. The Labute approximate surface area is 505 Å². The second kappa shape index (κ2) is 55.4. The summed E-state index contributed by atoms with van der Waals surface area (Å²) in [7, 11) is -9.89. The van der Waals surface area contributed by atoms with Crippen LogP contribution in [0.15, 0.2) is 0 Å². The number of aliphatic hydroxyl groups is 1. The van der Waals surface area contributed by atoms with Crippen LogP contribution in [0.4, 0.5) is 0 Å². The Morgan fingerprint density at radius 2 is 0.614 bits per heavy atom. The predicted octanol–water partition coefficient (Wildman–Crippen LogP) is 17.5. The number of carbonyl (C=O) groups excluding carboxylic acids is 4. The normalized spacial score (nSPS) is 15.0. The molecule has 7 atom stereocenters. The molecule has 0 fully saturated rings. The van der Waals surface area contributed by atoms with Crippen molar-refractivity contribution in [2.24, 2.45) is 17.8 Å². The predicted molar refractivity (Wildman–Crippen MR) is 331 cm³/mol. The van der Waals surface area contributed by atoms with Crippen molar-refractivity contribution in [1.82, 2.24) is 0 Å². The molecule has 19 heteroatoms. The lowest BCUT2D eigenvalue weighted by atomic mass is 9.99. The summed E-state index contributed by atoms with van der Waals surface area (Å²) in [6.45, 7) is 11.7. The van der Waals surface area contributed by atoms with E-state index in [1.807, 2.05) is 0 Å². The summed E-state index contributed by atoms with van der Waals surface area (Å²) in [4.78, 5) is 72.2. The fourth-order valence-electron chi connectivity index (χ4n) is 9.42. The van der Waals surface area contributed by atoms with Crippen LogP contribution in [0, 0.1) is 17.8 Å². The topological polar surface area (TPSA) is 237 Å². The number of esters is 4. The van der Waals surface area contributed by atoms with Gasteiger partial charge in [-0.3, -0.25) is 37.3 Å². The van der Waals surface area contributed by atoms with Crippen molar-refractivity contribution >= 4 is 39.5 Å². The fourth-order valence-corrected chi connectivity index (χ4v) is 11.0. The number of hydrogen-bond acceptors (Lipinski definition) is 15. The maximum atomic E-state index is 13.0. The van der Waals surface area contributed by atoms with E-state index in [0.29, 0.717) is 25.7 Å². The summed E-state index contributed by atoms with van der Waals surface area (Å²) in [5.41, 5.74) is 0. The number of rotatable bonds is 62. The molecule has 0 rings (SSSR count). The van der Waals surface area contributed by atoms with E-state index < -0.39 is 97.5 Å². The zero-order valence-corrected chi connectivity index (χ0v) is 55.4. The SMILES string of the molecule is CCCCCCCCCCC(=O)OC[C@H](COP(=O)(O)OC[C@H](O)COP(=O)(O)OC[C@@H](COC(=O)CCCCCCCCCCC(C)CC)OC(=O)CCCCCCCCCCCCC(C)C)OC(=O)CCCCCCCCC(C)CC. The molecule has 4 unspecified atom stereocenters. The lowest BCUT2D eigenvalue weighted by Crippen LogP contribution is -2.30. The standard InChI is InChI=1S/C64H124O17P2/c1-8-11-12-13-14-23-31-38-45-61(66)74-52-60(81-64(69)48-41-34-27-26-30-37-44-57(7)10-3)54-79-83(72,73)77-50-58(65)49-76-82(70,71)78-53-59(51-75-62(67)46-39-32-24-20-19-22-29-36-43-56(6)9-2)80-63(68)47-40-33-25-18-16-15-17-21-28-35-42-55(4)5/h55-60,65H,8-54H2,1-7H3,(H,70,71)(H,72,73)/t56?,57?,58-,59-,60-/m1/s1. The van der Waals surface area contributed by atoms with Gasteiger partial charge in [0.25, 0.3) is 0 Å². The third-order valence-electron chi connectivity index (χ3n) is 15.4. The van der Waals surface area contributed by atoms with Crippen LogP contribution in [0.3, 0.4) is 0 Å². The molecule has 0 aliphatic heterocycles. The van der Waals surface area contributed by atoms with Crippen LogP contribution < -0.4 is 0 Å². The zero-order chi connectivity index (χ0) is 61.7. The summed E-state index contributed by atoms with van der Waals surface area (Å²) in [6, 6.07) is 0. The quantitative estimate of drug-likeness (QED) is 0.0222. The minimum Gasteiger partial charge on any atom is -0.462 e. The van der Waals surface area contributed by atoms with Crippen molar-refractivity contribution in [1.29, 1.82) is 0 Å². The number of aliphatic hydroxyl groups excluding tert-OH is 1. The number of unbranched alkanes of at least 4 members (excludes halogenated alkanes) is 28. The second-order valence-electron chi connectivity index (χ2n) is 24.1. The van der Waals surface area contributed by atoms with E-state index in [4.69, 9.17) is 37.0 Å². The van der Waals surface area contributed by atoms with E-state index in [-0.39, 0.29) is 25.7 Å². The zero-order valence-electron chi connectivity index (χ0n) is 53.6. The molecule has 0 amide bonds. The van der Waals surface area contributed by atoms with Gasteiger partial charge in [-0.05, 0) is 43.4 Å². The van der Waals surface area contributed by atoms with Crippen molar-refractivity contribution in [3.63, 3.8) is 0 Å². The molecular formula is C64H124O17P2. The number of phosphoric acid groups is 2. The average Bonchev–Trinajstić information content (AvgIpc) is 3.46. The van der Waals surface area contributed by atoms with E-state index in [9.17, 15) is 43.2 Å². The Bertz CT molecular complexity index is 1650. The molecule has 0 aliphatic carbocycles. The van der Waals surface area contributed by atoms with Gasteiger partial charge in [-0.15, -0.1) is 0 Å². The fraction of sp³-hybridized carbons (Fsp3) is 0.938. The van der Waals surface area contributed by atoms with Gasteiger partial charge >= 0.3 is 39.5 Å². The highest BCUT2D eigenvalue weighted by Crippen LogP contribution is 2.45. The van der Waals surface area contributed by atoms with Crippen LogP contribution in [0.1, 0.15) is 312 Å². The Morgan fingerprint density at radius 1 is 0.349 bits per heavy atom. The Morgan fingerprint density at radius 3 is 0.916 bits per heavy atom. The Balaban J connectivity index is 5.25. The Kier molecular flexibility index (Phi) is 54.1. The summed E-state index contributed by atoms with van der Waals surface area (Å²) in [5, 5.41) is 10.5. The molecule has 0 aromatic heterocycles. The third kappa shape index (κ3) is 56.3. The van der Waals surface area contributed by atoms with Crippen molar-refractivity contribution in [2.45, 2.75) is 330 Å². The first kappa shape index (κ1) is 81.1. The molecule has 0 radical (unpaired) electrons. The van der Waals surface area contributed by atoms with E-state index in [1.54, 1.807) is 0 Å². The molecule has 0 saturated carbocycles. The van der Waals surface area contributed by atoms with Gasteiger partial charge in [-0.2, -0.15) is 0 Å². The molecule has 492 valence electrons. The third-order valence-corrected chi connectivity index (χ3v) is 17.3. The van der Waals surface area contributed by atoms with E-state index in [1.165, 1.54) is 116 Å². The van der Waals surface area contributed by atoms with Crippen LogP contribution >= 0.6 is 15.6 Å². The van der Waals surface area contributed by atoms with Gasteiger partial charge in [0.2, 0.25) is 0 Å². The minimum atomic E-state index is -4.95. The summed E-state index contributed by atoms with van der Waals surface area (Å²) < 4.78 is 68.0. The van der Waals surface area contributed by atoms with E-state index in [0.717, 1.165) is 114 Å². The monoisotopic (exact) mass is 1230 g/mol. The van der Waals surface area contributed by atoms with Crippen molar-refractivity contribution in [2.75, 3.05) is 39.6 Å². The van der Waals surface area contributed by atoms with Gasteiger partial charge in [-0.1, -0.05) is 260 Å². The maximum Gasteiger partial charge on any atom is 0.472 e. The highest BCUT2D eigenvalue weighted by atomic mass is 31.2. The van der Waals surface area contributed by atoms with Crippen LogP contribution in [0.2, 0.25) is 0 Å². The molecule has 0 aromatic carbocycles. The first-order valence-electron chi connectivity index (χ1n) is 33.4. The molecule has 0 aromatic rings. The maximum absolute atomic E-state index is 13.0. The molecule has 0 heterocycles. The number of ether oxygens (including phenoxy) is 4. The molecule has 0 spiro atoms. The molecule has 0 bridgehead atoms. The van der Waals surface area contributed by atoms with Crippen LogP contribution in [-0.4, -0.2) is 96.7 Å². The second-order valence-corrected chi connectivity index (χ2v) is 27.0. The first-order chi connectivity index (χ1) is 39.8. The van der Waals surface area contributed by atoms with Gasteiger partial charge in [0.1, 0.15) is 19.3 Å². The van der Waals surface area contributed by atoms with Crippen molar-refractivity contribution in [3.05, 3.63) is 0 Å². The number of hydrogen-bond donors (Lipinski definition) is 3. The highest BCUT2D eigenvalue weighted by molar-refractivity contribution is 7.47. The van der Waals surface area contributed by atoms with Crippen LogP contribution in [-0.2, 0) is 65.4 Å².